The van der Waals surface area contributed by atoms with Gasteiger partial charge in [0.1, 0.15) is 6.61 Å². The maximum absolute atomic E-state index is 11.5. The zero-order chi connectivity index (χ0) is 12.5. The first-order chi connectivity index (χ1) is 8.24. The minimum absolute atomic E-state index is 0.166. The van der Waals surface area contributed by atoms with E-state index in [-0.39, 0.29) is 31.4 Å². The van der Waals surface area contributed by atoms with E-state index in [0.29, 0.717) is 12.2 Å². The molecule has 0 radical (unpaired) electrons. The van der Waals surface area contributed by atoms with E-state index in [9.17, 15) is 9.59 Å². The predicted octanol–water partition coefficient (Wildman–Crippen LogP) is 1.06. The van der Waals surface area contributed by atoms with Crippen molar-refractivity contribution < 1.29 is 19.1 Å². The van der Waals surface area contributed by atoms with Crippen LogP contribution in [0.3, 0.4) is 0 Å². The number of rotatable bonds is 7. The van der Waals surface area contributed by atoms with Gasteiger partial charge in [0, 0.05) is 24.6 Å². The Kier molecular flexibility index (Phi) is 6.27. The highest BCUT2D eigenvalue weighted by Gasteiger charge is 2.07. The van der Waals surface area contributed by atoms with Crippen LogP contribution in [0.25, 0.3) is 0 Å². The lowest BCUT2D eigenvalue weighted by Crippen LogP contribution is -2.26. The fourth-order valence-electron chi connectivity index (χ4n) is 1.08. The van der Waals surface area contributed by atoms with Gasteiger partial charge in [0.15, 0.2) is 0 Å². The maximum Gasteiger partial charge on any atom is 0.307 e. The fraction of sp³-hybridized carbons (Fsp3) is 0.455. The number of hydrogen-bond donors (Lipinski definition) is 1. The first-order valence-electron chi connectivity index (χ1n) is 5.19. The average Bonchev–Trinajstić information content (AvgIpc) is 2.82. The van der Waals surface area contributed by atoms with Crippen molar-refractivity contribution >= 4 is 23.2 Å². The summed E-state index contributed by atoms with van der Waals surface area (Å²) in [5.41, 5.74) is 0.614. The maximum atomic E-state index is 11.5. The molecular weight excluding hydrogens is 242 g/mol. The summed E-state index contributed by atoms with van der Waals surface area (Å²) in [7, 11) is 1.54. The van der Waals surface area contributed by atoms with E-state index in [1.165, 1.54) is 18.4 Å². The van der Waals surface area contributed by atoms with Gasteiger partial charge in [-0.05, 0) is 11.4 Å². The van der Waals surface area contributed by atoms with E-state index in [2.05, 4.69) is 5.32 Å². The summed E-state index contributed by atoms with van der Waals surface area (Å²) in [5, 5.41) is 6.23. The third-order valence-corrected chi connectivity index (χ3v) is 2.63. The van der Waals surface area contributed by atoms with Crippen LogP contribution in [0, 0.1) is 0 Å². The first-order valence-corrected chi connectivity index (χ1v) is 6.13. The van der Waals surface area contributed by atoms with Gasteiger partial charge in [0.2, 0.25) is 0 Å². The Hall–Kier alpha value is -1.40. The summed E-state index contributed by atoms with van der Waals surface area (Å²) >= 11 is 1.45. The molecule has 0 bridgehead atoms. The number of ether oxygens (including phenoxy) is 2. The lowest BCUT2D eigenvalue weighted by Gasteiger charge is -2.05. The van der Waals surface area contributed by atoms with Gasteiger partial charge in [0.05, 0.1) is 13.0 Å². The van der Waals surface area contributed by atoms with Crippen LogP contribution in [-0.4, -0.2) is 38.7 Å². The van der Waals surface area contributed by atoms with Gasteiger partial charge in [-0.2, -0.15) is 11.3 Å². The van der Waals surface area contributed by atoms with Gasteiger partial charge in [-0.25, -0.2) is 0 Å². The van der Waals surface area contributed by atoms with E-state index < -0.39 is 0 Å². The van der Waals surface area contributed by atoms with Crippen LogP contribution in [0.2, 0.25) is 0 Å². The lowest BCUT2D eigenvalue weighted by atomic mass is 10.3. The zero-order valence-corrected chi connectivity index (χ0v) is 10.4. The molecule has 1 rings (SSSR count). The molecule has 1 amide bonds. The fourth-order valence-corrected chi connectivity index (χ4v) is 1.72. The van der Waals surface area contributed by atoms with Crippen LogP contribution in [-0.2, 0) is 14.3 Å². The van der Waals surface area contributed by atoms with Crippen molar-refractivity contribution in [2.75, 3.05) is 26.9 Å². The Morgan fingerprint density at radius 1 is 1.41 bits per heavy atom. The van der Waals surface area contributed by atoms with Crippen molar-refractivity contribution in [2.45, 2.75) is 6.42 Å². The van der Waals surface area contributed by atoms with Crippen LogP contribution in [0.1, 0.15) is 16.8 Å². The molecule has 1 aromatic heterocycles. The van der Waals surface area contributed by atoms with Crippen molar-refractivity contribution in [3.63, 3.8) is 0 Å². The van der Waals surface area contributed by atoms with Crippen molar-refractivity contribution in [3.05, 3.63) is 22.4 Å². The van der Waals surface area contributed by atoms with Crippen LogP contribution in [0.4, 0.5) is 0 Å². The molecule has 0 aromatic carbocycles. The molecule has 0 aliphatic carbocycles. The Morgan fingerprint density at radius 2 is 2.24 bits per heavy atom. The lowest BCUT2D eigenvalue weighted by molar-refractivity contribution is -0.144. The number of esters is 1. The predicted molar refractivity (Wildman–Crippen MR) is 64.1 cm³/mol. The number of thiophene rings is 1. The number of nitrogens with one attached hydrogen (secondary N) is 1. The molecule has 0 fully saturated rings. The molecule has 0 aliphatic rings. The van der Waals surface area contributed by atoms with Crippen LogP contribution in [0.15, 0.2) is 16.8 Å². The third kappa shape index (κ3) is 5.46. The highest BCUT2D eigenvalue weighted by molar-refractivity contribution is 7.08. The van der Waals surface area contributed by atoms with E-state index in [1.807, 2.05) is 5.38 Å². The SMILES string of the molecule is COCCOC(=O)CCNC(=O)c1ccsc1. The molecule has 0 atom stereocenters. The number of carbonyl (C=O) groups excluding carboxylic acids is 2. The van der Waals surface area contributed by atoms with Crippen molar-refractivity contribution in [1.29, 1.82) is 0 Å². The Bertz CT molecular complexity index is 350. The molecule has 1 N–H and O–H groups in total. The minimum Gasteiger partial charge on any atom is -0.463 e. The second kappa shape index (κ2) is 7.81. The largest absolute Gasteiger partial charge is 0.463 e. The zero-order valence-electron chi connectivity index (χ0n) is 9.60. The quantitative estimate of drug-likeness (QED) is 0.586. The highest BCUT2D eigenvalue weighted by atomic mass is 32.1. The summed E-state index contributed by atoms with van der Waals surface area (Å²) in [6, 6.07) is 1.73. The summed E-state index contributed by atoms with van der Waals surface area (Å²) < 4.78 is 9.58. The Balaban J connectivity index is 2.11. The number of hydrogen-bond acceptors (Lipinski definition) is 5. The van der Waals surface area contributed by atoms with Crippen molar-refractivity contribution in [3.8, 4) is 0 Å². The summed E-state index contributed by atoms with van der Waals surface area (Å²) in [5.74, 6) is -0.511. The molecule has 6 heteroatoms. The summed E-state index contributed by atoms with van der Waals surface area (Å²) in [4.78, 5) is 22.6. The topological polar surface area (TPSA) is 64.6 Å². The highest BCUT2D eigenvalue weighted by Crippen LogP contribution is 2.05. The third-order valence-electron chi connectivity index (χ3n) is 1.95. The molecule has 1 heterocycles. The molecule has 0 saturated carbocycles. The molecule has 0 unspecified atom stereocenters. The van der Waals surface area contributed by atoms with Crippen molar-refractivity contribution in [1.82, 2.24) is 5.32 Å². The molecular formula is C11H15NO4S. The molecule has 0 spiro atoms. The molecule has 0 aliphatic heterocycles. The van der Waals surface area contributed by atoms with Gasteiger partial charge in [-0.1, -0.05) is 0 Å². The number of carbonyl (C=O) groups is 2. The summed E-state index contributed by atoms with van der Waals surface area (Å²) in [6.45, 7) is 0.904. The first kappa shape index (κ1) is 13.7. The smallest absolute Gasteiger partial charge is 0.307 e. The Labute approximate surface area is 104 Å². The molecule has 0 saturated heterocycles. The van der Waals surface area contributed by atoms with Gasteiger partial charge in [-0.15, -0.1) is 0 Å². The van der Waals surface area contributed by atoms with Crippen LogP contribution >= 0.6 is 11.3 Å². The molecule has 1 aromatic rings. The molecule has 17 heavy (non-hydrogen) atoms. The van der Waals surface area contributed by atoms with E-state index in [1.54, 1.807) is 11.4 Å². The minimum atomic E-state index is -0.340. The second-order valence-electron chi connectivity index (χ2n) is 3.23. The van der Waals surface area contributed by atoms with Crippen LogP contribution < -0.4 is 5.32 Å². The summed E-state index contributed by atoms with van der Waals surface area (Å²) in [6.07, 6.45) is 0.166. The number of amides is 1. The van der Waals surface area contributed by atoms with Gasteiger partial charge >= 0.3 is 5.97 Å². The van der Waals surface area contributed by atoms with E-state index >= 15 is 0 Å². The van der Waals surface area contributed by atoms with Crippen LogP contribution in [0.5, 0.6) is 0 Å². The number of methoxy groups -OCH3 is 1. The van der Waals surface area contributed by atoms with Gasteiger partial charge < -0.3 is 14.8 Å². The monoisotopic (exact) mass is 257 g/mol. The Morgan fingerprint density at radius 3 is 2.88 bits per heavy atom. The second-order valence-corrected chi connectivity index (χ2v) is 4.01. The average molecular weight is 257 g/mol. The van der Waals surface area contributed by atoms with Crippen molar-refractivity contribution in [2.24, 2.45) is 0 Å². The van der Waals surface area contributed by atoms with E-state index in [4.69, 9.17) is 9.47 Å². The molecule has 94 valence electrons. The normalized spacial score (nSPS) is 9.94. The van der Waals surface area contributed by atoms with Gasteiger partial charge in [-0.3, -0.25) is 9.59 Å². The molecule has 5 nitrogen and oxygen atoms in total. The van der Waals surface area contributed by atoms with Gasteiger partial charge in [0.25, 0.3) is 5.91 Å². The standard InChI is InChI=1S/C11H15NO4S/c1-15-5-6-16-10(13)2-4-12-11(14)9-3-7-17-8-9/h3,7-8H,2,4-6H2,1H3,(H,12,14). The van der Waals surface area contributed by atoms with E-state index in [0.717, 1.165) is 0 Å².